The highest BCUT2D eigenvalue weighted by atomic mass is 16.1. The highest BCUT2D eigenvalue weighted by Gasteiger charge is 2.20. The molecule has 3 aromatic heterocycles. The number of hydrogen-bond donors (Lipinski definition) is 1. The first-order valence-corrected chi connectivity index (χ1v) is 10.1. The van der Waals surface area contributed by atoms with Crippen LogP contribution in [0, 0.1) is 11.3 Å². The fourth-order valence-corrected chi connectivity index (χ4v) is 4.06. The first-order valence-electron chi connectivity index (χ1n) is 10.1. The number of H-pyrrole nitrogens is 1. The van der Waals surface area contributed by atoms with E-state index in [4.69, 9.17) is 0 Å². The van der Waals surface area contributed by atoms with Crippen LogP contribution in [0.25, 0.3) is 27.7 Å². The van der Waals surface area contributed by atoms with Crippen molar-refractivity contribution in [2.45, 2.75) is 26.3 Å². The summed E-state index contributed by atoms with van der Waals surface area (Å²) >= 11 is 0. The maximum Gasteiger partial charge on any atom is 0.278 e. The molecule has 0 unspecified atom stereocenters. The highest BCUT2D eigenvalue weighted by Crippen LogP contribution is 2.26. The van der Waals surface area contributed by atoms with Gasteiger partial charge in [0.2, 0.25) is 0 Å². The Labute approximate surface area is 178 Å². The van der Waals surface area contributed by atoms with Gasteiger partial charge in [0.15, 0.2) is 5.65 Å². The molecule has 0 spiro atoms. The summed E-state index contributed by atoms with van der Waals surface area (Å²) < 4.78 is 3.13. The Morgan fingerprint density at radius 1 is 1.10 bits per heavy atom. The average Bonchev–Trinajstić information content (AvgIpc) is 3.40. The van der Waals surface area contributed by atoms with Gasteiger partial charge < -0.3 is 4.98 Å². The van der Waals surface area contributed by atoms with Gasteiger partial charge in [0.1, 0.15) is 11.6 Å². The van der Waals surface area contributed by atoms with Crippen LogP contribution in [0.3, 0.4) is 0 Å². The van der Waals surface area contributed by atoms with E-state index in [-0.39, 0.29) is 11.5 Å². The molecule has 7 nitrogen and oxygen atoms in total. The average molecular weight is 408 g/mol. The maximum absolute atomic E-state index is 13.1. The normalized spacial score (nSPS) is 11.4. The first kappa shape index (κ1) is 18.8. The molecule has 1 N–H and O–H groups in total. The van der Waals surface area contributed by atoms with Gasteiger partial charge >= 0.3 is 0 Å². The lowest BCUT2D eigenvalue weighted by Crippen LogP contribution is -2.22. The summed E-state index contributed by atoms with van der Waals surface area (Å²) in [7, 11) is 0. The van der Waals surface area contributed by atoms with Gasteiger partial charge in [0, 0.05) is 17.3 Å². The number of hydrogen-bond acceptors (Lipinski definition) is 4. The molecule has 0 amide bonds. The lowest BCUT2D eigenvalue weighted by Gasteiger charge is -2.11. The minimum Gasteiger partial charge on any atom is -0.338 e. The fourth-order valence-electron chi connectivity index (χ4n) is 4.06. The molecule has 3 heterocycles. The van der Waals surface area contributed by atoms with E-state index in [2.05, 4.69) is 45.5 Å². The van der Waals surface area contributed by atoms with Gasteiger partial charge in [-0.25, -0.2) is 0 Å². The second-order valence-electron chi connectivity index (χ2n) is 7.87. The summed E-state index contributed by atoms with van der Waals surface area (Å²) in [5.74, 6) is -0.0284. The van der Waals surface area contributed by atoms with Crippen molar-refractivity contribution in [2.24, 2.45) is 0 Å². The zero-order chi connectivity index (χ0) is 21.5. The minimum absolute atomic E-state index is 0.0284. The van der Waals surface area contributed by atoms with E-state index in [1.54, 1.807) is 6.20 Å². The zero-order valence-corrected chi connectivity index (χ0v) is 17.2. The topological polar surface area (TPSA) is 91.8 Å². The molecule has 0 radical (unpaired) electrons. The van der Waals surface area contributed by atoms with Crippen LogP contribution in [-0.4, -0.2) is 24.4 Å². The maximum atomic E-state index is 13.1. The Morgan fingerprint density at radius 2 is 1.90 bits per heavy atom. The van der Waals surface area contributed by atoms with Crippen molar-refractivity contribution in [1.29, 1.82) is 5.26 Å². The highest BCUT2D eigenvalue weighted by molar-refractivity contribution is 5.85. The summed E-state index contributed by atoms with van der Waals surface area (Å²) in [4.78, 5) is 16.3. The second-order valence-corrected chi connectivity index (χ2v) is 7.87. The standard InChI is InChI=1S/C24H20N6O/c1-15(2)21-22(28-23-18(10-25)11-27-30(23)24(21)31)19-12-26-29(14-19)13-17-8-5-7-16-6-3-4-9-20(16)17/h3-9,11-12,14-15,28H,13H2,1-2H3. The van der Waals surface area contributed by atoms with Crippen molar-refractivity contribution >= 4 is 16.4 Å². The molecule has 0 saturated carbocycles. The van der Waals surface area contributed by atoms with E-state index in [0.29, 0.717) is 29.0 Å². The van der Waals surface area contributed by atoms with Gasteiger partial charge in [0.05, 0.1) is 24.6 Å². The van der Waals surface area contributed by atoms with Crippen LogP contribution < -0.4 is 5.56 Å². The summed E-state index contributed by atoms with van der Waals surface area (Å²) in [5.41, 5.74) is 3.77. The summed E-state index contributed by atoms with van der Waals surface area (Å²) in [5, 5.41) is 20.4. The van der Waals surface area contributed by atoms with Crippen LogP contribution in [0.1, 0.15) is 36.5 Å². The Balaban J connectivity index is 1.61. The van der Waals surface area contributed by atoms with E-state index in [1.807, 2.05) is 42.9 Å². The van der Waals surface area contributed by atoms with Gasteiger partial charge in [-0.05, 0) is 22.3 Å². The summed E-state index contributed by atoms with van der Waals surface area (Å²) in [6, 6.07) is 16.6. The van der Waals surface area contributed by atoms with Crippen LogP contribution in [0.5, 0.6) is 0 Å². The van der Waals surface area contributed by atoms with Crippen molar-refractivity contribution in [2.75, 3.05) is 0 Å². The molecule has 7 heteroatoms. The molecule has 0 aliphatic carbocycles. The van der Waals surface area contributed by atoms with E-state index >= 15 is 0 Å². The number of fused-ring (bicyclic) bond motifs is 2. The Hall–Kier alpha value is -4.18. The number of aromatic nitrogens is 5. The zero-order valence-electron chi connectivity index (χ0n) is 17.2. The molecule has 0 bridgehead atoms. The second kappa shape index (κ2) is 7.26. The molecule has 0 aliphatic heterocycles. The number of nitriles is 1. The summed E-state index contributed by atoms with van der Waals surface area (Å²) in [6.45, 7) is 4.55. The van der Waals surface area contributed by atoms with E-state index in [0.717, 1.165) is 5.56 Å². The quantitative estimate of drug-likeness (QED) is 0.485. The van der Waals surface area contributed by atoms with Crippen molar-refractivity contribution in [3.8, 4) is 17.3 Å². The lowest BCUT2D eigenvalue weighted by molar-refractivity contribution is 0.690. The minimum atomic E-state index is -0.220. The lowest BCUT2D eigenvalue weighted by atomic mass is 10.00. The van der Waals surface area contributed by atoms with Gasteiger partial charge in [0.25, 0.3) is 5.56 Å². The third-order valence-electron chi connectivity index (χ3n) is 5.54. The number of nitrogens with one attached hydrogen (secondary N) is 1. The smallest absolute Gasteiger partial charge is 0.278 e. The molecule has 0 atom stereocenters. The number of aromatic amines is 1. The van der Waals surface area contributed by atoms with Gasteiger partial charge in [-0.3, -0.25) is 9.48 Å². The summed E-state index contributed by atoms with van der Waals surface area (Å²) in [6.07, 6.45) is 5.09. The molecule has 0 fully saturated rings. The monoisotopic (exact) mass is 408 g/mol. The molecule has 152 valence electrons. The van der Waals surface area contributed by atoms with Crippen LogP contribution in [0.15, 0.2) is 65.8 Å². The predicted octanol–water partition coefficient (Wildman–Crippen LogP) is 4.08. The number of benzene rings is 2. The molecular weight excluding hydrogens is 388 g/mol. The largest absolute Gasteiger partial charge is 0.338 e. The fraction of sp³-hybridized carbons (Fsp3) is 0.167. The Morgan fingerprint density at radius 3 is 2.71 bits per heavy atom. The van der Waals surface area contributed by atoms with Crippen LogP contribution in [-0.2, 0) is 6.54 Å². The predicted molar refractivity (Wildman–Crippen MR) is 119 cm³/mol. The molecule has 0 aliphatic rings. The third-order valence-corrected chi connectivity index (χ3v) is 5.54. The molecule has 0 saturated heterocycles. The SMILES string of the molecule is CC(C)c1c(-c2cnn(Cc3cccc4ccccc34)c2)[nH]c2c(C#N)cnn2c1=O. The van der Waals surface area contributed by atoms with Gasteiger partial charge in [-0.2, -0.15) is 20.0 Å². The van der Waals surface area contributed by atoms with Crippen molar-refractivity contribution < 1.29 is 0 Å². The van der Waals surface area contributed by atoms with Gasteiger partial charge in [-0.1, -0.05) is 56.3 Å². The van der Waals surface area contributed by atoms with Crippen molar-refractivity contribution in [3.05, 3.63) is 88.1 Å². The van der Waals surface area contributed by atoms with Crippen LogP contribution in [0.4, 0.5) is 0 Å². The van der Waals surface area contributed by atoms with Crippen molar-refractivity contribution in [1.82, 2.24) is 24.4 Å². The molecular formula is C24H20N6O. The van der Waals surface area contributed by atoms with Crippen LogP contribution in [0.2, 0.25) is 0 Å². The molecule has 5 aromatic rings. The van der Waals surface area contributed by atoms with E-state index < -0.39 is 0 Å². The number of rotatable bonds is 4. The van der Waals surface area contributed by atoms with Crippen LogP contribution >= 0.6 is 0 Å². The van der Waals surface area contributed by atoms with E-state index in [1.165, 1.54) is 27.0 Å². The third kappa shape index (κ3) is 3.09. The van der Waals surface area contributed by atoms with E-state index in [9.17, 15) is 10.1 Å². The molecule has 5 rings (SSSR count). The number of nitrogens with zero attached hydrogens (tertiary/aromatic N) is 5. The first-order chi connectivity index (χ1) is 15.1. The Bertz CT molecular complexity index is 1520. The molecule has 31 heavy (non-hydrogen) atoms. The Kier molecular flexibility index (Phi) is 4.41. The molecule has 2 aromatic carbocycles. The van der Waals surface area contributed by atoms with Crippen molar-refractivity contribution in [3.63, 3.8) is 0 Å². The van der Waals surface area contributed by atoms with Gasteiger partial charge in [-0.15, -0.1) is 0 Å².